The zero-order chi connectivity index (χ0) is 22.2. The largest absolute Gasteiger partial charge is 0.486 e. The van der Waals surface area contributed by atoms with Crippen LogP contribution in [0.2, 0.25) is 0 Å². The van der Waals surface area contributed by atoms with Gasteiger partial charge in [-0.3, -0.25) is 0 Å². The summed E-state index contributed by atoms with van der Waals surface area (Å²) in [5.41, 5.74) is 3.55. The highest BCUT2D eigenvalue weighted by atomic mass is 32.1. The van der Waals surface area contributed by atoms with Gasteiger partial charge in [-0.1, -0.05) is 6.07 Å². The maximum Gasteiger partial charge on any atom is 0.242 e. The molecule has 0 spiro atoms. The molecular formula is C24H24N4O4S. The SMILES string of the molecule is Cc1cc(Cc2nc(OC3CCOCC3)c3c(ccn3-c3cccc4c3OCCO4)n2)sn1. The topological polar surface area (TPSA) is 80.5 Å². The van der Waals surface area contributed by atoms with Crippen molar-refractivity contribution in [1.29, 1.82) is 0 Å². The van der Waals surface area contributed by atoms with Gasteiger partial charge in [-0.25, -0.2) is 4.98 Å². The van der Waals surface area contributed by atoms with Crippen molar-refractivity contribution in [2.75, 3.05) is 26.4 Å². The van der Waals surface area contributed by atoms with Crippen molar-refractivity contribution < 1.29 is 18.9 Å². The van der Waals surface area contributed by atoms with E-state index in [1.54, 1.807) is 0 Å². The van der Waals surface area contributed by atoms with Crippen LogP contribution in [0.25, 0.3) is 16.7 Å². The molecule has 0 saturated carbocycles. The van der Waals surface area contributed by atoms with Crippen LogP contribution < -0.4 is 14.2 Å². The molecule has 0 unspecified atom stereocenters. The van der Waals surface area contributed by atoms with Gasteiger partial charge in [0.15, 0.2) is 11.5 Å². The highest BCUT2D eigenvalue weighted by molar-refractivity contribution is 7.05. The highest BCUT2D eigenvalue weighted by Gasteiger charge is 2.24. The number of aromatic nitrogens is 4. The van der Waals surface area contributed by atoms with Gasteiger partial charge in [-0.15, -0.1) is 0 Å². The molecule has 0 aliphatic carbocycles. The van der Waals surface area contributed by atoms with Crippen LogP contribution in [0.1, 0.15) is 29.2 Å². The predicted molar refractivity (Wildman–Crippen MR) is 124 cm³/mol. The second kappa shape index (κ2) is 8.64. The molecule has 1 saturated heterocycles. The lowest BCUT2D eigenvalue weighted by Gasteiger charge is -2.24. The van der Waals surface area contributed by atoms with Gasteiger partial charge in [0.1, 0.15) is 30.7 Å². The number of nitrogens with zero attached hydrogens (tertiary/aromatic N) is 4. The lowest BCUT2D eigenvalue weighted by Crippen LogP contribution is -2.26. The zero-order valence-electron chi connectivity index (χ0n) is 18.3. The average molecular weight is 465 g/mol. The number of hydrogen-bond acceptors (Lipinski definition) is 8. The van der Waals surface area contributed by atoms with E-state index in [1.165, 1.54) is 11.5 Å². The van der Waals surface area contributed by atoms with Crippen molar-refractivity contribution in [2.24, 2.45) is 0 Å². The van der Waals surface area contributed by atoms with Crippen LogP contribution in [0.4, 0.5) is 0 Å². The molecule has 3 aromatic heterocycles. The van der Waals surface area contributed by atoms with E-state index in [0.29, 0.717) is 38.7 Å². The Morgan fingerprint density at radius 2 is 1.97 bits per heavy atom. The van der Waals surface area contributed by atoms with Crippen molar-refractivity contribution >= 4 is 22.6 Å². The Hall–Kier alpha value is -3.17. The van der Waals surface area contributed by atoms with E-state index < -0.39 is 0 Å². The first-order chi connectivity index (χ1) is 16.2. The fourth-order valence-corrected chi connectivity index (χ4v) is 5.01. The average Bonchev–Trinajstić information content (AvgIpc) is 3.45. The van der Waals surface area contributed by atoms with Crippen molar-refractivity contribution in [3.63, 3.8) is 0 Å². The Morgan fingerprint density at radius 1 is 1.09 bits per heavy atom. The summed E-state index contributed by atoms with van der Waals surface area (Å²) in [4.78, 5) is 10.9. The van der Waals surface area contributed by atoms with Gasteiger partial charge < -0.3 is 23.5 Å². The first-order valence-corrected chi connectivity index (χ1v) is 12.0. The molecule has 0 radical (unpaired) electrons. The molecule has 9 heteroatoms. The molecule has 8 nitrogen and oxygen atoms in total. The fourth-order valence-electron chi connectivity index (χ4n) is 4.28. The number of fused-ring (bicyclic) bond motifs is 2. The third kappa shape index (κ3) is 4.02. The van der Waals surface area contributed by atoms with E-state index in [-0.39, 0.29) is 6.10 Å². The molecule has 0 atom stereocenters. The summed E-state index contributed by atoms with van der Waals surface area (Å²) in [7, 11) is 0. The van der Waals surface area contributed by atoms with Gasteiger partial charge >= 0.3 is 0 Å². The number of rotatable bonds is 5. The van der Waals surface area contributed by atoms with Crippen LogP contribution in [-0.4, -0.2) is 51.4 Å². The van der Waals surface area contributed by atoms with Gasteiger partial charge in [0.05, 0.1) is 30.1 Å². The van der Waals surface area contributed by atoms with E-state index >= 15 is 0 Å². The molecule has 0 bridgehead atoms. The van der Waals surface area contributed by atoms with E-state index in [2.05, 4.69) is 10.4 Å². The van der Waals surface area contributed by atoms with Crippen molar-refractivity contribution in [3.05, 3.63) is 52.9 Å². The van der Waals surface area contributed by atoms with E-state index in [9.17, 15) is 0 Å². The Morgan fingerprint density at radius 3 is 2.82 bits per heavy atom. The molecule has 4 aromatic rings. The molecule has 0 N–H and O–H groups in total. The molecule has 2 aliphatic rings. The summed E-state index contributed by atoms with van der Waals surface area (Å²) < 4.78 is 30.2. The predicted octanol–water partition coefficient (Wildman–Crippen LogP) is 4.11. The molecule has 33 heavy (non-hydrogen) atoms. The fraction of sp³-hybridized carbons (Fsp3) is 0.375. The van der Waals surface area contributed by atoms with Gasteiger partial charge in [0, 0.05) is 30.3 Å². The smallest absolute Gasteiger partial charge is 0.242 e. The van der Waals surface area contributed by atoms with Crippen LogP contribution in [-0.2, 0) is 11.2 Å². The van der Waals surface area contributed by atoms with Gasteiger partial charge in [0.2, 0.25) is 5.88 Å². The minimum atomic E-state index is 0.0583. The lowest BCUT2D eigenvalue weighted by molar-refractivity contribution is 0.0242. The number of aryl methyl sites for hydroxylation is 1. The summed E-state index contributed by atoms with van der Waals surface area (Å²) in [5.74, 6) is 2.77. The third-order valence-corrected chi connectivity index (χ3v) is 6.68. The molecule has 1 aromatic carbocycles. The summed E-state index contributed by atoms with van der Waals surface area (Å²) >= 11 is 1.49. The maximum atomic E-state index is 6.48. The summed E-state index contributed by atoms with van der Waals surface area (Å²) in [6, 6.07) is 9.98. The Bertz CT molecular complexity index is 1300. The highest BCUT2D eigenvalue weighted by Crippen LogP contribution is 2.39. The van der Waals surface area contributed by atoms with Gasteiger partial charge in [0.25, 0.3) is 0 Å². The number of benzene rings is 1. The molecule has 6 rings (SSSR count). The zero-order valence-corrected chi connectivity index (χ0v) is 19.1. The Labute approximate surface area is 195 Å². The molecular weight excluding hydrogens is 440 g/mol. The van der Waals surface area contributed by atoms with Crippen molar-refractivity contribution in [2.45, 2.75) is 32.3 Å². The summed E-state index contributed by atoms with van der Waals surface area (Å²) in [5, 5.41) is 0. The van der Waals surface area contributed by atoms with E-state index in [4.69, 9.17) is 28.9 Å². The minimum absolute atomic E-state index is 0.0583. The lowest BCUT2D eigenvalue weighted by atomic mass is 10.1. The molecule has 2 aliphatic heterocycles. The number of hydrogen-bond donors (Lipinski definition) is 0. The van der Waals surface area contributed by atoms with Crippen LogP contribution in [0.15, 0.2) is 36.5 Å². The second-order valence-electron chi connectivity index (χ2n) is 8.21. The number of para-hydroxylation sites is 1. The number of ether oxygens (including phenoxy) is 4. The van der Waals surface area contributed by atoms with Gasteiger partial charge in [-0.05, 0) is 42.7 Å². The minimum Gasteiger partial charge on any atom is -0.486 e. The van der Waals surface area contributed by atoms with Crippen LogP contribution >= 0.6 is 11.5 Å². The Balaban J connectivity index is 1.46. The van der Waals surface area contributed by atoms with E-state index in [0.717, 1.165) is 57.5 Å². The van der Waals surface area contributed by atoms with E-state index in [1.807, 2.05) is 42.0 Å². The first kappa shape index (κ1) is 20.4. The quantitative estimate of drug-likeness (QED) is 0.440. The third-order valence-electron chi connectivity index (χ3n) is 5.81. The molecule has 5 heterocycles. The van der Waals surface area contributed by atoms with Gasteiger partial charge in [-0.2, -0.15) is 9.36 Å². The molecule has 170 valence electrons. The maximum absolute atomic E-state index is 6.48. The first-order valence-electron chi connectivity index (χ1n) is 11.2. The second-order valence-corrected chi connectivity index (χ2v) is 9.10. The van der Waals surface area contributed by atoms with Crippen LogP contribution in [0.3, 0.4) is 0 Å². The van der Waals surface area contributed by atoms with Crippen LogP contribution in [0, 0.1) is 6.92 Å². The summed E-state index contributed by atoms with van der Waals surface area (Å²) in [6.45, 7) is 4.46. The standard InChI is InChI=1S/C24H24N4O4S/c1-15-13-17(33-27-15)14-21-25-18-5-8-28(19-3-2-4-20-23(19)31-12-11-30-20)22(18)24(26-21)32-16-6-9-29-10-7-16/h2-5,8,13,16H,6-7,9-12,14H2,1H3. The van der Waals surface area contributed by atoms with Crippen LogP contribution in [0.5, 0.6) is 17.4 Å². The Kier molecular flexibility index (Phi) is 5.35. The molecule has 1 fully saturated rings. The molecule has 0 amide bonds. The van der Waals surface area contributed by atoms with Crippen molar-refractivity contribution in [3.8, 4) is 23.1 Å². The monoisotopic (exact) mass is 464 g/mol. The normalized spacial score (nSPS) is 16.3. The summed E-state index contributed by atoms with van der Waals surface area (Å²) in [6.07, 6.45) is 4.35. The van der Waals surface area contributed by atoms with Crippen molar-refractivity contribution in [1.82, 2.24) is 18.9 Å².